The molecular weight excluding hydrogens is 489 g/mol. The Bertz CT molecular complexity index is 1230. The molecular formula is C22H19F3N4O5S. The number of halogens is 3. The summed E-state index contributed by atoms with van der Waals surface area (Å²) in [4.78, 5) is 35.1. The van der Waals surface area contributed by atoms with E-state index in [0.717, 1.165) is 23.7 Å². The first kappa shape index (κ1) is 24.5. The summed E-state index contributed by atoms with van der Waals surface area (Å²) < 4.78 is 49.4. The summed E-state index contributed by atoms with van der Waals surface area (Å²) in [5, 5.41) is 12.3. The van der Waals surface area contributed by atoms with Crippen LogP contribution in [0.5, 0.6) is 5.75 Å². The molecule has 0 unspecified atom stereocenters. The maximum atomic E-state index is 13.0. The molecule has 0 aliphatic carbocycles. The van der Waals surface area contributed by atoms with Gasteiger partial charge < -0.3 is 19.9 Å². The number of carboxylic acids is 1. The number of carboxylic acid groups (broad SMARTS) is 1. The molecule has 0 bridgehead atoms. The Kier molecular flexibility index (Phi) is 6.98. The average molecular weight is 508 g/mol. The first-order valence-corrected chi connectivity index (χ1v) is 11.2. The van der Waals surface area contributed by atoms with Crippen molar-refractivity contribution in [2.24, 2.45) is 0 Å². The van der Waals surface area contributed by atoms with Crippen molar-refractivity contribution in [1.82, 2.24) is 20.3 Å². The highest BCUT2D eigenvalue weighted by atomic mass is 32.1. The number of hydrogen-bond donors (Lipinski definition) is 2. The van der Waals surface area contributed by atoms with Crippen LogP contribution < -0.4 is 10.1 Å². The molecule has 35 heavy (non-hydrogen) atoms. The van der Waals surface area contributed by atoms with E-state index in [2.05, 4.69) is 20.3 Å². The fraction of sp³-hybridized carbons (Fsp3) is 0.318. The summed E-state index contributed by atoms with van der Waals surface area (Å²) in [5.74, 6) is -2.54. The lowest BCUT2D eigenvalue weighted by molar-refractivity contribution is -0.145. The van der Waals surface area contributed by atoms with E-state index in [1.807, 2.05) is 0 Å². The van der Waals surface area contributed by atoms with Gasteiger partial charge in [-0.05, 0) is 25.1 Å². The molecule has 3 aromatic rings. The van der Waals surface area contributed by atoms with Crippen molar-refractivity contribution in [2.75, 3.05) is 13.2 Å². The molecule has 1 fully saturated rings. The standard InChI is InChI=1S/C22H19F3N4O5S/c1-11(14-7-27-21(28-8-14)22(23,24)25)29-18(30)12-4-13(19-26-9-17(35-19)20(31)32)6-16(5-12)34-15-2-3-33-10-15/h4-9,11,15H,2-3,10H2,1H3,(H,29,30)(H,31,32)/t11-,15-/m1/s1. The van der Waals surface area contributed by atoms with E-state index >= 15 is 0 Å². The zero-order chi connectivity index (χ0) is 25.2. The molecule has 2 N–H and O–H groups in total. The number of hydrogen-bond acceptors (Lipinski definition) is 8. The molecule has 1 amide bonds. The minimum absolute atomic E-state index is 0.0393. The number of alkyl halides is 3. The average Bonchev–Trinajstić information content (AvgIpc) is 3.51. The Morgan fingerprint density at radius 2 is 1.94 bits per heavy atom. The van der Waals surface area contributed by atoms with Gasteiger partial charge in [-0.1, -0.05) is 0 Å². The fourth-order valence-corrected chi connectivity index (χ4v) is 4.04. The SMILES string of the molecule is C[C@@H](NC(=O)c1cc(O[C@@H]2CCOC2)cc(-c2ncc(C(=O)O)s2)c1)c1cnc(C(F)(F)F)nc1. The van der Waals surface area contributed by atoms with Crippen molar-refractivity contribution in [3.63, 3.8) is 0 Å². The lowest BCUT2D eigenvalue weighted by atomic mass is 10.1. The Morgan fingerprint density at radius 3 is 2.54 bits per heavy atom. The number of rotatable bonds is 7. The zero-order valence-electron chi connectivity index (χ0n) is 18.2. The summed E-state index contributed by atoms with van der Waals surface area (Å²) >= 11 is 0.949. The molecule has 0 saturated carbocycles. The van der Waals surface area contributed by atoms with Crippen molar-refractivity contribution in [1.29, 1.82) is 0 Å². The van der Waals surface area contributed by atoms with Gasteiger partial charge in [-0.15, -0.1) is 11.3 Å². The van der Waals surface area contributed by atoms with Crippen LogP contribution in [-0.2, 0) is 10.9 Å². The predicted molar refractivity (Wildman–Crippen MR) is 117 cm³/mol. The van der Waals surface area contributed by atoms with Gasteiger partial charge in [-0.3, -0.25) is 4.79 Å². The maximum absolute atomic E-state index is 13.0. The van der Waals surface area contributed by atoms with E-state index in [1.54, 1.807) is 13.0 Å². The quantitative estimate of drug-likeness (QED) is 0.491. The van der Waals surface area contributed by atoms with Crippen LogP contribution in [0.15, 0.2) is 36.8 Å². The largest absolute Gasteiger partial charge is 0.488 e. The molecule has 2 aromatic heterocycles. The van der Waals surface area contributed by atoms with Gasteiger partial charge in [-0.2, -0.15) is 13.2 Å². The van der Waals surface area contributed by atoms with Gasteiger partial charge in [0.15, 0.2) is 0 Å². The molecule has 1 saturated heterocycles. The van der Waals surface area contributed by atoms with Crippen molar-refractivity contribution < 1.29 is 37.3 Å². The molecule has 184 valence electrons. The molecule has 2 atom stereocenters. The Labute approximate surface area is 201 Å². The van der Waals surface area contributed by atoms with Gasteiger partial charge in [0.25, 0.3) is 5.91 Å². The van der Waals surface area contributed by atoms with Crippen molar-refractivity contribution >= 4 is 23.2 Å². The molecule has 4 rings (SSSR count). The highest BCUT2D eigenvalue weighted by Gasteiger charge is 2.34. The summed E-state index contributed by atoms with van der Waals surface area (Å²) in [6.07, 6.45) is -0.938. The third kappa shape index (κ3) is 5.92. The third-order valence-corrected chi connectivity index (χ3v) is 6.13. The Hall–Kier alpha value is -3.58. The Balaban J connectivity index is 1.58. The maximum Gasteiger partial charge on any atom is 0.451 e. The second-order valence-corrected chi connectivity index (χ2v) is 8.75. The number of ether oxygens (including phenoxy) is 2. The lowest BCUT2D eigenvalue weighted by Crippen LogP contribution is -2.27. The molecule has 9 nitrogen and oxygen atoms in total. The number of carbonyl (C=O) groups is 2. The minimum Gasteiger partial charge on any atom is -0.488 e. The topological polar surface area (TPSA) is 124 Å². The zero-order valence-corrected chi connectivity index (χ0v) is 19.0. The highest BCUT2D eigenvalue weighted by Crippen LogP contribution is 2.31. The summed E-state index contributed by atoms with van der Waals surface area (Å²) in [5.41, 5.74) is 0.964. The van der Waals surface area contributed by atoms with Crippen LogP contribution in [0.3, 0.4) is 0 Å². The number of nitrogens with one attached hydrogen (secondary N) is 1. The Morgan fingerprint density at radius 1 is 1.20 bits per heavy atom. The van der Waals surface area contributed by atoms with Crippen LogP contribution in [0.1, 0.15) is 50.8 Å². The molecule has 1 aliphatic rings. The van der Waals surface area contributed by atoms with Crippen LogP contribution in [0.2, 0.25) is 0 Å². The number of thiazole rings is 1. The van der Waals surface area contributed by atoms with E-state index in [0.29, 0.717) is 36.0 Å². The minimum atomic E-state index is -4.66. The van der Waals surface area contributed by atoms with Crippen LogP contribution in [0.25, 0.3) is 10.6 Å². The van der Waals surface area contributed by atoms with E-state index in [1.165, 1.54) is 18.3 Å². The van der Waals surface area contributed by atoms with Crippen molar-refractivity contribution in [3.8, 4) is 16.3 Å². The highest BCUT2D eigenvalue weighted by molar-refractivity contribution is 7.16. The number of amides is 1. The summed E-state index contributed by atoms with van der Waals surface area (Å²) in [7, 11) is 0. The lowest BCUT2D eigenvalue weighted by Gasteiger charge is -2.17. The normalized spacial score (nSPS) is 16.6. The van der Waals surface area contributed by atoms with Gasteiger partial charge in [0.1, 0.15) is 21.7 Å². The van der Waals surface area contributed by atoms with Gasteiger partial charge in [-0.25, -0.2) is 19.7 Å². The van der Waals surface area contributed by atoms with Crippen LogP contribution in [0, 0.1) is 0 Å². The predicted octanol–water partition coefficient (Wildman–Crippen LogP) is 3.98. The fourth-order valence-electron chi connectivity index (χ4n) is 3.30. The molecule has 3 heterocycles. The number of carbonyl (C=O) groups excluding carboxylic acids is 1. The number of aromatic nitrogens is 3. The first-order chi connectivity index (χ1) is 16.6. The van der Waals surface area contributed by atoms with Gasteiger partial charge in [0.2, 0.25) is 5.82 Å². The van der Waals surface area contributed by atoms with Crippen molar-refractivity contribution in [3.05, 3.63) is 58.6 Å². The van der Waals surface area contributed by atoms with Crippen LogP contribution in [0.4, 0.5) is 13.2 Å². The third-order valence-electron chi connectivity index (χ3n) is 5.10. The van der Waals surface area contributed by atoms with Gasteiger partial charge in [0.05, 0.1) is 25.5 Å². The van der Waals surface area contributed by atoms with Gasteiger partial charge >= 0.3 is 12.1 Å². The summed E-state index contributed by atoms with van der Waals surface area (Å²) in [6.45, 7) is 2.54. The van der Waals surface area contributed by atoms with Crippen LogP contribution in [-0.4, -0.2) is 51.3 Å². The number of benzene rings is 1. The van der Waals surface area contributed by atoms with E-state index < -0.39 is 29.9 Å². The first-order valence-electron chi connectivity index (χ1n) is 10.4. The second kappa shape index (κ2) is 9.96. The molecule has 13 heteroatoms. The molecule has 1 aromatic carbocycles. The molecule has 0 spiro atoms. The van der Waals surface area contributed by atoms with Crippen LogP contribution >= 0.6 is 11.3 Å². The van der Waals surface area contributed by atoms with E-state index in [4.69, 9.17) is 9.47 Å². The van der Waals surface area contributed by atoms with E-state index in [-0.39, 0.29) is 22.1 Å². The second-order valence-electron chi connectivity index (χ2n) is 7.72. The molecule has 0 radical (unpaired) electrons. The monoisotopic (exact) mass is 508 g/mol. The van der Waals surface area contributed by atoms with Gasteiger partial charge in [0, 0.05) is 35.5 Å². The number of nitrogens with zero attached hydrogens (tertiary/aromatic N) is 3. The van der Waals surface area contributed by atoms with E-state index in [9.17, 15) is 27.9 Å². The molecule has 1 aliphatic heterocycles. The smallest absolute Gasteiger partial charge is 0.451 e. The number of aromatic carboxylic acids is 1. The summed E-state index contributed by atoms with van der Waals surface area (Å²) in [6, 6.07) is 4.03. The van der Waals surface area contributed by atoms with Crippen molar-refractivity contribution in [2.45, 2.75) is 31.7 Å².